The summed E-state index contributed by atoms with van der Waals surface area (Å²) < 4.78 is 1.60. The molecular weight excluding hydrogens is 318 g/mol. The van der Waals surface area contributed by atoms with E-state index in [2.05, 4.69) is 10.3 Å². The summed E-state index contributed by atoms with van der Waals surface area (Å²) in [5, 5.41) is 13.9. The van der Waals surface area contributed by atoms with Gasteiger partial charge in [0.05, 0.1) is 12.9 Å². The van der Waals surface area contributed by atoms with Crippen LogP contribution in [0.15, 0.2) is 67.3 Å². The SMILES string of the molecule is O=C(/C=C/c1ccc2ccccc2c1)NC(Cn1ccnc1)C(=O)O. The molecule has 0 spiro atoms. The number of carbonyl (C=O) groups excluding carboxylic acids is 1. The predicted molar refractivity (Wildman–Crippen MR) is 94.8 cm³/mol. The number of hydrogen-bond donors (Lipinski definition) is 2. The van der Waals surface area contributed by atoms with E-state index in [1.165, 1.54) is 12.4 Å². The molecule has 3 aromatic rings. The van der Waals surface area contributed by atoms with Gasteiger partial charge in [0.2, 0.25) is 5.91 Å². The zero-order chi connectivity index (χ0) is 17.6. The third-order valence-corrected chi connectivity index (χ3v) is 3.77. The van der Waals surface area contributed by atoms with Crippen LogP contribution in [0.4, 0.5) is 0 Å². The van der Waals surface area contributed by atoms with E-state index in [0.29, 0.717) is 0 Å². The lowest BCUT2D eigenvalue weighted by Crippen LogP contribution is -2.42. The van der Waals surface area contributed by atoms with Gasteiger partial charge in [-0.25, -0.2) is 9.78 Å². The summed E-state index contributed by atoms with van der Waals surface area (Å²) in [7, 11) is 0. The number of rotatable bonds is 6. The Balaban J connectivity index is 1.66. The molecule has 1 aromatic heterocycles. The number of aliphatic carboxylic acids is 1. The van der Waals surface area contributed by atoms with Crippen molar-refractivity contribution in [3.63, 3.8) is 0 Å². The van der Waals surface area contributed by atoms with Gasteiger partial charge in [-0.05, 0) is 28.5 Å². The van der Waals surface area contributed by atoms with E-state index in [-0.39, 0.29) is 6.54 Å². The monoisotopic (exact) mass is 335 g/mol. The summed E-state index contributed by atoms with van der Waals surface area (Å²) in [6.07, 6.45) is 7.71. The standard InChI is InChI=1S/C19H17N3O3/c23-18(21-17(19(24)25)12-22-10-9-20-13-22)8-6-14-5-7-15-3-1-2-4-16(15)11-14/h1-11,13,17H,12H2,(H,21,23)(H,24,25)/b8-6+. The Morgan fingerprint density at radius 1 is 1.20 bits per heavy atom. The normalized spacial score (nSPS) is 12.3. The average Bonchev–Trinajstić information content (AvgIpc) is 3.12. The van der Waals surface area contributed by atoms with Crippen molar-refractivity contribution in [2.24, 2.45) is 0 Å². The van der Waals surface area contributed by atoms with Crippen LogP contribution >= 0.6 is 0 Å². The maximum atomic E-state index is 12.0. The fourth-order valence-corrected chi connectivity index (χ4v) is 2.49. The van der Waals surface area contributed by atoms with Gasteiger partial charge in [0.25, 0.3) is 0 Å². The molecule has 2 aromatic carbocycles. The number of carbonyl (C=O) groups is 2. The topological polar surface area (TPSA) is 84.2 Å². The second-order valence-electron chi connectivity index (χ2n) is 5.60. The maximum Gasteiger partial charge on any atom is 0.328 e. The summed E-state index contributed by atoms with van der Waals surface area (Å²) in [5.74, 6) is -1.55. The fourth-order valence-electron chi connectivity index (χ4n) is 2.49. The van der Waals surface area contributed by atoms with Crippen LogP contribution in [0.25, 0.3) is 16.8 Å². The molecular formula is C19H17N3O3. The van der Waals surface area contributed by atoms with Crippen molar-refractivity contribution in [3.8, 4) is 0 Å². The van der Waals surface area contributed by atoms with Crippen molar-refractivity contribution >= 4 is 28.7 Å². The number of nitrogens with zero attached hydrogens (tertiary/aromatic N) is 2. The molecule has 1 unspecified atom stereocenters. The van der Waals surface area contributed by atoms with Gasteiger partial charge in [0.1, 0.15) is 6.04 Å². The molecule has 2 N–H and O–H groups in total. The summed E-state index contributed by atoms with van der Waals surface area (Å²) in [6, 6.07) is 12.8. The van der Waals surface area contributed by atoms with Crippen molar-refractivity contribution in [1.82, 2.24) is 14.9 Å². The number of nitrogens with one attached hydrogen (secondary N) is 1. The van der Waals surface area contributed by atoms with Gasteiger partial charge in [-0.2, -0.15) is 0 Å². The van der Waals surface area contributed by atoms with Crippen molar-refractivity contribution in [2.45, 2.75) is 12.6 Å². The molecule has 0 radical (unpaired) electrons. The quantitative estimate of drug-likeness (QED) is 0.677. The van der Waals surface area contributed by atoms with Crippen molar-refractivity contribution in [3.05, 3.63) is 72.8 Å². The second-order valence-corrected chi connectivity index (χ2v) is 5.60. The van der Waals surface area contributed by atoms with Crippen molar-refractivity contribution in [2.75, 3.05) is 0 Å². The van der Waals surface area contributed by atoms with Gasteiger partial charge in [0.15, 0.2) is 0 Å². The molecule has 0 aliphatic carbocycles. The highest BCUT2D eigenvalue weighted by atomic mass is 16.4. The van der Waals surface area contributed by atoms with Crippen molar-refractivity contribution < 1.29 is 14.7 Å². The van der Waals surface area contributed by atoms with Crippen LogP contribution < -0.4 is 5.32 Å². The summed E-state index contributed by atoms with van der Waals surface area (Å²) in [6.45, 7) is 0.116. The molecule has 6 heteroatoms. The number of aromatic nitrogens is 2. The van der Waals surface area contributed by atoms with Crippen LogP contribution in [0.5, 0.6) is 0 Å². The van der Waals surface area contributed by atoms with Crippen LogP contribution in [0.2, 0.25) is 0 Å². The number of amides is 1. The smallest absolute Gasteiger partial charge is 0.328 e. The lowest BCUT2D eigenvalue weighted by Gasteiger charge is -2.13. The third-order valence-electron chi connectivity index (χ3n) is 3.77. The molecule has 126 valence electrons. The summed E-state index contributed by atoms with van der Waals surface area (Å²) in [4.78, 5) is 27.2. The van der Waals surface area contributed by atoms with Crippen LogP contribution in [0, 0.1) is 0 Å². The molecule has 0 bridgehead atoms. The summed E-state index contributed by atoms with van der Waals surface area (Å²) >= 11 is 0. The molecule has 0 aliphatic rings. The maximum absolute atomic E-state index is 12.0. The van der Waals surface area contributed by atoms with Gasteiger partial charge in [-0.15, -0.1) is 0 Å². The van der Waals surface area contributed by atoms with Gasteiger partial charge in [-0.3, -0.25) is 4.79 Å². The Labute approximate surface area is 144 Å². The third kappa shape index (κ3) is 4.32. The van der Waals surface area contributed by atoms with E-state index in [9.17, 15) is 14.7 Å². The van der Waals surface area contributed by atoms with E-state index in [1.807, 2.05) is 42.5 Å². The lowest BCUT2D eigenvalue weighted by molar-refractivity contribution is -0.141. The average molecular weight is 335 g/mol. The molecule has 0 saturated heterocycles. The van der Waals surface area contributed by atoms with Gasteiger partial charge in [-0.1, -0.05) is 36.4 Å². The minimum Gasteiger partial charge on any atom is -0.480 e. The number of benzene rings is 2. The first kappa shape index (κ1) is 16.4. The van der Waals surface area contributed by atoms with Gasteiger partial charge in [0, 0.05) is 18.5 Å². The lowest BCUT2D eigenvalue weighted by atomic mass is 10.1. The molecule has 1 amide bonds. The molecule has 0 aliphatic heterocycles. The Hall–Kier alpha value is -3.41. The highest BCUT2D eigenvalue weighted by molar-refractivity contribution is 5.95. The molecule has 1 atom stereocenters. The fraction of sp³-hybridized carbons (Fsp3) is 0.105. The van der Waals surface area contributed by atoms with Crippen LogP contribution in [0.1, 0.15) is 5.56 Å². The molecule has 6 nitrogen and oxygen atoms in total. The molecule has 1 heterocycles. The second kappa shape index (κ2) is 7.44. The Morgan fingerprint density at radius 2 is 2.00 bits per heavy atom. The van der Waals surface area contributed by atoms with E-state index in [4.69, 9.17) is 0 Å². The van der Waals surface area contributed by atoms with Gasteiger partial charge >= 0.3 is 5.97 Å². The zero-order valence-corrected chi connectivity index (χ0v) is 13.4. The number of hydrogen-bond acceptors (Lipinski definition) is 3. The molecule has 3 rings (SSSR count). The van der Waals surface area contributed by atoms with Crippen molar-refractivity contribution in [1.29, 1.82) is 0 Å². The highest BCUT2D eigenvalue weighted by Crippen LogP contribution is 2.16. The number of fused-ring (bicyclic) bond motifs is 1. The van der Waals surface area contributed by atoms with Gasteiger partial charge < -0.3 is 15.0 Å². The molecule has 0 fully saturated rings. The first-order chi connectivity index (χ1) is 12.1. The van der Waals surface area contributed by atoms with Crippen LogP contribution in [0.3, 0.4) is 0 Å². The summed E-state index contributed by atoms with van der Waals surface area (Å²) in [5.41, 5.74) is 0.871. The van der Waals surface area contributed by atoms with E-state index in [1.54, 1.807) is 23.0 Å². The minimum atomic E-state index is -1.10. The first-order valence-electron chi connectivity index (χ1n) is 7.78. The largest absolute Gasteiger partial charge is 0.480 e. The van der Waals surface area contributed by atoms with Crippen LogP contribution in [-0.2, 0) is 16.1 Å². The number of carboxylic acids is 1. The minimum absolute atomic E-state index is 0.116. The molecule has 25 heavy (non-hydrogen) atoms. The zero-order valence-electron chi connectivity index (χ0n) is 13.4. The van der Waals surface area contributed by atoms with Crippen LogP contribution in [-0.4, -0.2) is 32.6 Å². The molecule has 0 saturated carbocycles. The van der Waals surface area contributed by atoms with E-state index >= 15 is 0 Å². The Kier molecular flexibility index (Phi) is 4.89. The number of carboxylic acid groups (broad SMARTS) is 1. The van der Waals surface area contributed by atoms with E-state index < -0.39 is 17.9 Å². The Morgan fingerprint density at radius 3 is 2.72 bits per heavy atom. The Bertz CT molecular complexity index is 917. The number of imidazole rings is 1. The predicted octanol–water partition coefficient (Wildman–Crippen LogP) is 2.32. The van der Waals surface area contributed by atoms with E-state index in [0.717, 1.165) is 16.3 Å². The first-order valence-corrected chi connectivity index (χ1v) is 7.78. The highest BCUT2D eigenvalue weighted by Gasteiger charge is 2.19.